The zero-order chi connectivity index (χ0) is 19.0. The van der Waals surface area contributed by atoms with E-state index >= 15 is 0 Å². The number of benzene rings is 1. The molecular formula is C19H31N2O4P. The fraction of sp³-hybridized carbons (Fsp3) is 0.632. The summed E-state index contributed by atoms with van der Waals surface area (Å²) >= 11 is 0. The number of carboxylic acid groups (broad SMARTS) is 1. The first-order chi connectivity index (χ1) is 12.4. The van der Waals surface area contributed by atoms with Crippen molar-refractivity contribution in [2.45, 2.75) is 56.8 Å². The third kappa shape index (κ3) is 6.84. The molecule has 0 heterocycles. The fourth-order valence-corrected chi connectivity index (χ4v) is 5.07. The van der Waals surface area contributed by atoms with Crippen LogP contribution >= 0.6 is 7.37 Å². The lowest BCUT2D eigenvalue weighted by molar-refractivity contribution is -0.141. The van der Waals surface area contributed by atoms with Gasteiger partial charge in [-0.3, -0.25) is 9.36 Å². The molecule has 0 amide bonds. The molecule has 7 heteroatoms. The van der Waals surface area contributed by atoms with Crippen molar-refractivity contribution in [3.63, 3.8) is 0 Å². The molecule has 0 radical (unpaired) electrons. The van der Waals surface area contributed by atoms with E-state index in [-0.39, 0.29) is 19.1 Å². The number of aliphatic carboxylic acids is 1. The fourth-order valence-electron chi connectivity index (χ4n) is 3.49. The molecule has 1 aliphatic carbocycles. The molecule has 1 saturated carbocycles. The molecule has 3 atom stereocenters. The van der Waals surface area contributed by atoms with Gasteiger partial charge in [0.1, 0.15) is 0 Å². The first-order valence-corrected chi connectivity index (χ1v) is 11.4. The van der Waals surface area contributed by atoms with Crippen molar-refractivity contribution in [3.05, 3.63) is 35.9 Å². The molecule has 5 N–H and O–H groups in total. The van der Waals surface area contributed by atoms with E-state index in [9.17, 15) is 19.4 Å². The van der Waals surface area contributed by atoms with E-state index in [0.29, 0.717) is 6.04 Å². The molecule has 0 aliphatic heterocycles. The second kappa shape index (κ2) is 10.2. The van der Waals surface area contributed by atoms with Gasteiger partial charge in [-0.1, -0.05) is 56.0 Å². The van der Waals surface area contributed by atoms with Gasteiger partial charge >= 0.3 is 5.97 Å². The molecule has 0 spiro atoms. The van der Waals surface area contributed by atoms with E-state index in [0.717, 1.165) is 18.4 Å². The van der Waals surface area contributed by atoms with Crippen molar-refractivity contribution in [1.82, 2.24) is 5.32 Å². The predicted octanol–water partition coefficient (Wildman–Crippen LogP) is 2.80. The highest BCUT2D eigenvalue weighted by atomic mass is 31.2. The molecule has 0 saturated heterocycles. The van der Waals surface area contributed by atoms with E-state index < -0.39 is 25.0 Å². The van der Waals surface area contributed by atoms with E-state index in [1.807, 2.05) is 30.3 Å². The van der Waals surface area contributed by atoms with Gasteiger partial charge in [0, 0.05) is 18.7 Å². The molecule has 2 rings (SSSR count). The SMILES string of the molecule is NC(CNC1CCCCCC1)P(=O)(O)CC(Cc1ccccc1)C(=O)O. The maximum Gasteiger partial charge on any atom is 0.307 e. The van der Waals surface area contributed by atoms with Crippen LogP contribution in [0.15, 0.2) is 30.3 Å². The van der Waals surface area contributed by atoms with Crippen LogP contribution in [0, 0.1) is 5.92 Å². The molecule has 1 aromatic carbocycles. The summed E-state index contributed by atoms with van der Waals surface area (Å²) in [5.41, 5.74) is 6.82. The molecule has 0 bridgehead atoms. The van der Waals surface area contributed by atoms with E-state index in [4.69, 9.17) is 5.73 Å². The molecule has 146 valence electrons. The Balaban J connectivity index is 1.90. The lowest BCUT2D eigenvalue weighted by Gasteiger charge is -2.25. The predicted molar refractivity (Wildman–Crippen MR) is 103 cm³/mol. The second-order valence-electron chi connectivity index (χ2n) is 7.33. The summed E-state index contributed by atoms with van der Waals surface area (Å²) in [6.45, 7) is 0.246. The van der Waals surface area contributed by atoms with Crippen LogP contribution in [0.25, 0.3) is 0 Å². The second-order valence-corrected chi connectivity index (χ2v) is 9.87. The summed E-state index contributed by atoms with van der Waals surface area (Å²) in [4.78, 5) is 22.0. The first kappa shape index (κ1) is 21.1. The van der Waals surface area contributed by atoms with Crippen LogP contribution in [0.5, 0.6) is 0 Å². The van der Waals surface area contributed by atoms with Crippen molar-refractivity contribution in [1.29, 1.82) is 0 Å². The number of nitrogens with one attached hydrogen (secondary N) is 1. The summed E-state index contributed by atoms with van der Waals surface area (Å²) in [6, 6.07) is 9.50. The number of carboxylic acids is 1. The maximum absolute atomic E-state index is 12.7. The minimum atomic E-state index is -3.77. The minimum Gasteiger partial charge on any atom is -0.481 e. The molecule has 3 unspecified atom stereocenters. The number of hydrogen-bond acceptors (Lipinski definition) is 4. The van der Waals surface area contributed by atoms with Crippen molar-refractivity contribution < 1.29 is 19.4 Å². The standard InChI is InChI=1S/C19H31N2O4P/c20-18(13-21-17-10-6-1-2-7-11-17)26(24,25)14-16(19(22)23)12-15-8-4-3-5-9-15/h3-5,8-9,16-18,21H,1-2,6-7,10-14,20H2,(H,22,23)(H,24,25). The van der Waals surface area contributed by atoms with Crippen LogP contribution in [0.2, 0.25) is 0 Å². The maximum atomic E-state index is 12.7. The largest absolute Gasteiger partial charge is 0.481 e. The monoisotopic (exact) mass is 382 g/mol. The van der Waals surface area contributed by atoms with E-state index in [1.165, 1.54) is 25.7 Å². The molecule has 6 nitrogen and oxygen atoms in total. The van der Waals surface area contributed by atoms with Gasteiger partial charge < -0.3 is 21.1 Å². The molecule has 0 aromatic heterocycles. The summed E-state index contributed by atoms with van der Waals surface area (Å²) in [5, 5.41) is 12.8. The Morgan fingerprint density at radius 1 is 1.19 bits per heavy atom. The highest BCUT2D eigenvalue weighted by molar-refractivity contribution is 7.58. The van der Waals surface area contributed by atoms with Gasteiger partial charge in [-0.15, -0.1) is 0 Å². The quantitative estimate of drug-likeness (QED) is 0.386. The summed E-state index contributed by atoms with van der Waals surface area (Å²) in [7, 11) is -3.77. The van der Waals surface area contributed by atoms with Gasteiger partial charge in [0.05, 0.1) is 11.7 Å². The summed E-state index contributed by atoms with van der Waals surface area (Å²) in [6.07, 6.45) is 6.87. The van der Waals surface area contributed by atoms with Crippen molar-refractivity contribution in [3.8, 4) is 0 Å². The number of rotatable bonds is 9. The Morgan fingerprint density at radius 3 is 2.38 bits per heavy atom. The highest BCUT2D eigenvalue weighted by Gasteiger charge is 2.34. The van der Waals surface area contributed by atoms with Gasteiger partial charge in [-0.2, -0.15) is 0 Å². The van der Waals surface area contributed by atoms with Gasteiger partial charge in [-0.25, -0.2) is 0 Å². The van der Waals surface area contributed by atoms with Crippen molar-refractivity contribution in [2.75, 3.05) is 12.7 Å². The molecule has 1 aromatic rings. The molecule has 26 heavy (non-hydrogen) atoms. The molecule has 1 aliphatic rings. The van der Waals surface area contributed by atoms with Crippen LogP contribution in [-0.4, -0.2) is 40.5 Å². The highest BCUT2D eigenvalue weighted by Crippen LogP contribution is 2.46. The number of carbonyl (C=O) groups is 1. The Morgan fingerprint density at radius 2 is 1.81 bits per heavy atom. The normalized spacial score (nSPS) is 20.7. The molecular weight excluding hydrogens is 351 g/mol. The van der Waals surface area contributed by atoms with Crippen LogP contribution in [0.4, 0.5) is 0 Å². The van der Waals surface area contributed by atoms with Crippen molar-refractivity contribution >= 4 is 13.3 Å². The Hall–Kier alpha value is -1.20. The van der Waals surface area contributed by atoms with Gasteiger partial charge in [0.15, 0.2) is 0 Å². The van der Waals surface area contributed by atoms with Crippen molar-refractivity contribution in [2.24, 2.45) is 11.7 Å². The summed E-state index contributed by atoms with van der Waals surface area (Å²) in [5.74, 6) is -2.92. The van der Waals surface area contributed by atoms with Gasteiger partial charge in [0.25, 0.3) is 0 Å². The third-order valence-electron chi connectivity index (χ3n) is 5.15. The Kier molecular flexibility index (Phi) is 8.29. The average Bonchev–Trinajstić information content (AvgIpc) is 2.88. The van der Waals surface area contributed by atoms with Crippen LogP contribution in [0.3, 0.4) is 0 Å². The van der Waals surface area contributed by atoms with Gasteiger partial charge in [0.2, 0.25) is 7.37 Å². The van der Waals surface area contributed by atoms with Crippen LogP contribution in [-0.2, 0) is 15.8 Å². The Bertz CT molecular complexity index is 603. The smallest absolute Gasteiger partial charge is 0.307 e. The topological polar surface area (TPSA) is 113 Å². The summed E-state index contributed by atoms with van der Waals surface area (Å²) < 4.78 is 12.7. The Labute approximate surface area is 155 Å². The zero-order valence-electron chi connectivity index (χ0n) is 15.2. The lowest BCUT2D eigenvalue weighted by Crippen LogP contribution is -2.40. The van der Waals surface area contributed by atoms with Crippen LogP contribution < -0.4 is 11.1 Å². The lowest BCUT2D eigenvalue weighted by atomic mass is 10.0. The van der Waals surface area contributed by atoms with Gasteiger partial charge in [-0.05, 0) is 24.8 Å². The number of hydrogen-bond donors (Lipinski definition) is 4. The third-order valence-corrected chi connectivity index (χ3v) is 7.33. The van der Waals surface area contributed by atoms with Crippen LogP contribution in [0.1, 0.15) is 44.1 Å². The number of nitrogens with two attached hydrogens (primary N) is 1. The average molecular weight is 382 g/mol. The van der Waals surface area contributed by atoms with E-state index in [1.54, 1.807) is 0 Å². The minimum absolute atomic E-state index is 0.226. The molecule has 1 fully saturated rings. The first-order valence-electron chi connectivity index (χ1n) is 9.45. The zero-order valence-corrected chi connectivity index (χ0v) is 16.1. The van der Waals surface area contributed by atoms with E-state index in [2.05, 4.69) is 5.32 Å².